The first-order valence-electron chi connectivity index (χ1n) is 21.0. The summed E-state index contributed by atoms with van der Waals surface area (Å²) in [7, 11) is 0. The first-order chi connectivity index (χ1) is 32.0. The highest BCUT2D eigenvalue weighted by molar-refractivity contribution is 7.99. The van der Waals surface area contributed by atoms with E-state index in [1.807, 2.05) is 0 Å². The molecule has 1 aliphatic heterocycles. The van der Waals surface area contributed by atoms with Crippen LogP contribution in [0.25, 0.3) is 10.2 Å². The SMILES string of the molecule is N=C(N)NCCCCC(=O)Nc1cc(C(F)(F)F)cc(NC(=O)Nc2ccc3nc(NC(=O)Nc4cc(CF)cc(NC(=O)CCCCNC(=N)N)c4SCCN)sc3c2)c1O[C@@H]1CCNC1. The standard InChI is InChI=1S/C41H53F4N15O5S2/c42-20-22-15-29(56-33(62)6-2-4-12-53-37(49)50)35(66-14-10-46)30(16-22)58-39(64)60-40-59-26-8-7-24(19-31(26)67-40)54-38(63)57-28-18-23(41(43,44)45)17-27(34(28)65-25-9-13-51-21-25)55-32(61)5-1-3-11-52-36(47)48/h7-8,15-19,25,51H,1-6,9-14,20-21,46H2,(H,55,61)(H,56,62)(H4,47,48,52)(H4,49,50,53)(H2,54,57,63)(H2,58,59,60,64)/t25-/m1/s1. The van der Waals surface area contributed by atoms with E-state index in [0.29, 0.717) is 79.1 Å². The molecule has 0 spiro atoms. The zero-order valence-corrected chi connectivity index (χ0v) is 37.7. The highest BCUT2D eigenvalue weighted by atomic mass is 32.2. The van der Waals surface area contributed by atoms with Crippen molar-refractivity contribution in [2.75, 3.05) is 70.4 Å². The number of carbonyl (C=O) groups is 4. The molecule has 1 aliphatic rings. The van der Waals surface area contributed by atoms with Crippen molar-refractivity contribution in [2.45, 2.75) is 68.8 Å². The van der Waals surface area contributed by atoms with Crippen LogP contribution in [0.1, 0.15) is 56.1 Å². The minimum absolute atomic E-state index is 0.0535. The van der Waals surface area contributed by atoms with E-state index in [2.05, 4.69) is 52.8 Å². The second kappa shape index (κ2) is 24.8. The molecule has 0 bridgehead atoms. The van der Waals surface area contributed by atoms with Crippen LogP contribution in [-0.2, 0) is 22.4 Å². The number of fused-ring (bicyclic) bond motifs is 1. The number of thioether (sulfide) groups is 1. The number of alkyl halides is 4. The number of nitrogens with zero attached hydrogens (tertiary/aromatic N) is 1. The maximum atomic E-state index is 14.2. The lowest BCUT2D eigenvalue weighted by atomic mass is 10.1. The van der Waals surface area contributed by atoms with Gasteiger partial charge in [-0.3, -0.25) is 25.7 Å². The number of unbranched alkanes of at least 4 members (excludes halogenated alkanes) is 2. The van der Waals surface area contributed by atoms with Crippen molar-refractivity contribution in [3.8, 4) is 5.75 Å². The molecule has 2 heterocycles. The van der Waals surface area contributed by atoms with Gasteiger partial charge in [0.2, 0.25) is 11.8 Å². The Kier molecular flexibility index (Phi) is 19.0. The molecule has 1 atom stereocenters. The molecule has 0 saturated carbocycles. The molecule has 26 heteroatoms. The molecule has 0 unspecified atom stereocenters. The highest BCUT2D eigenvalue weighted by Gasteiger charge is 2.34. The second-order valence-corrected chi connectivity index (χ2v) is 17.1. The Balaban J connectivity index is 1.29. The maximum absolute atomic E-state index is 14.2. The van der Waals surface area contributed by atoms with Gasteiger partial charge < -0.3 is 64.5 Å². The highest BCUT2D eigenvalue weighted by Crippen LogP contribution is 2.42. The Bertz CT molecular complexity index is 2420. The fourth-order valence-electron chi connectivity index (χ4n) is 6.55. The molecule has 17 N–H and O–H groups in total. The molecule has 20 nitrogen and oxygen atoms in total. The summed E-state index contributed by atoms with van der Waals surface area (Å²) in [6, 6.07) is 7.34. The van der Waals surface area contributed by atoms with Crippen molar-refractivity contribution in [3.05, 3.63) is 53.6 Å². The van der Waals surface area contributed by atoms with Gasteiger partial charge in [0.05, 0.1) is 43.4 Å². The average Bonchev–Trinajstić information content (AvgIpc) is 3.92. The van der Waals surface area contributed by atoms with Crippen molar-refractivity contribution in [1.82, 2.24) is 20.9 Å². The van der Waals surface area contributed by atoms with E-state index in [-0.39, 0.29) is 82.1 Å². The number of nitrogens with two attached hydrogens (primary N) is 3. The lowest BCUT2D eigenvalue weighted by Gasteiger charge is -2.22. The number of nitrogens with one attached hydrogen (secondary N) is 11. The monoisotopic (exact) mass is 975 g/mol. The third-order valence-electron chi connectivity index (χ3n) is 9.59. The van der Waals surface area contributed by atoms with Crippen LogP contribution >= 0.6 is 23.1 Å². The average molecular weight is 976 g/mol. The molecule has 3 aromatic carbocycles. The van der Waals surface area contributed by atoms with Gasteiger partial charge in [0.1, 0.15) is 12.8 Å². The number of hydrogen-bond donors (Lipinski definition) is 14. The molecule has 6 amide bonds. The largest absolute Gasteiger partial charge is 0.485 e. The van der Waals surface area contributed by atoms with Crippen molar-refractivity contribution >= 4 is 103 Å². The normalized spacial score (nSPS) is 13.4. The van der Waals surface area contributed by atoms with Gasteiger partial charge in [-0.2, -0.15) is 13.2 Å². The Morgan fingerprint density at radius 1 is 0.821 bits per heavy atom. The predicted molar refractivity (Wildman–Crippen MR) is 254 cm³/mol. The van der Waals surface area contributed by atoms with Crippen LogP contribution in [0, 0.1) is 10.8 Å². The molecule has 4 aromatic rings. The van der Waals surface area contributed by atoms with Crippen LogP contribution in [0.2, 0.25) is 0 Å². The van der Waals surface area contributed by atoms with Crippen LogP contribution < -0.4 is 69.8 Å². The van der Waals surface area contributed by atoms with E-state index in [4.69, 9.17) is 32.8 Å². The van der Waals surface area contributed by atoms with E-state index in [9.17, 15) is 36.7 Å². The van der Waals surface area contributed by atoms with Crippen LogP contribution in [0.3, 0.4) is 0 Å². The number of thiazole rings is 1. The molecule has 1 fully saturated rings. The zero-order valence-electron chi connectivity index (χ0n) is 36.1. The number of rotatable bonds is 22. The van der Waals surface area contributed by atoms with Crippen molar-refractivity contribution in [1.29, 1.82) is 10.8 Å². The Morgan fingerprint density at radius 3 is 2.00 bits per heavy atom. The summed E-state index contributed by atoms with van der Waals surface area (Å²) >= 11 is 2.30. The minimum atomic E-state index is -4.86. The van der Waals surface area contributed by atoms with E-state index < -0.39 is 42.5 Å². The van der Waals surface area contributed by atoms with Gasteiger partial charge in [0.15, 0.2) is 22.8 Å². The number of benzene rings is 3. The van der Waals surface area contributed by atoms with E-state index in [0.717, 1.165) is 23.5 Å². The summed E-state index contributed by atoms with van der Waals surface area (Å²) in [5.74, 6) is -1.08. The molecule has 1 aromatic heterocycles. The van der Waals surface area contributed by atoms with E-state index in [1.54, 1.807) is 12.1 Å². The first kappa shape index (κ1) is 51.3. The number of ether oxygens (including phenoxy) is 1. The smallest absolute Gasteiger partial charge is 0.416 e. The number of carbonyl (C=O) groups excluding carboxylic acids is 4. The number of urea groups is 2. The van der Waals surface area contributed by atoms with Crippen LogP contribution in [-0.4, -0.2) is 85.4 Å². The minimum Gasteiger partial charge on any atom is -0.485 e. The molecular formula is C41H53F4N15O5S2. The van der Waals surface area contributed by atoms with Gasteiger partial charge in [-0.25, -0.2) is 19.0 Å². The van der Waals surface area contributed by atoms with Crippen molar-refractivity contribution in [2.24, 2.45) is 17.2 Å². The molecule has 67 heavy (non-hydrogen) atoms. The summed E-state index contributed by atoms with van der Waals surface area (Å²) in [6.07, 6.45) is -2.86. The second-order valence-electron chi connectivity index (χ2n) is 15.0. The molecule has 362 valence electrons. The van der Waals surface area contributed by atoms with Crippen molar-refractivity contribution < 1.29 is 41.5 Å². The summed E-state index contributed by atoms with van der Waals surface area (Å²) in [5, 5.41) is 38.8. The first-order valence-corrected chi connectivity index (χ1v) is 22.8. The number of halogens is 4. The third kappa shape index (κ3) is 16.3. The maximum Gasteiger partial charge on any atom is 0.416 e. The molecule has 5 rings (SSSR count). The number of hydrogen-bond acceptors (Lipinski definition) is 12. The third-order valence-corrected chi connectivity index (χ3v) is 11.7. The number of aromatic nitrogens is 1. The number of guanidine groups is 2. The fourth-order valence-corrected chi connectivity index (χ4v) is 8.31. The summed E-state index contributed by atoms with van der Waals surface area (Å²) in [4.78, 5) is 57.5. The predicted octanol–water partition coefficient (Wildman–Crippen LogP) is 6.05. The van der Waals surface area contributed by atoms with Crippen LogP contribution in [0.4, 0.5) is 60.7 Å². The Labute approximate surface area is 390 Å². The molecular weight excluding hydrogens is 923 g/mol. The molecule has 1 saturated heterocycles. The quantitative estimate of drug-likeness (QED) is 0.0140. The molecule has 0 aliphatic carbocycles. The summed E-state index contributed by atoms with van der Waals surface area (Å²) in [6.45, 7) is 1.10. The van der Waals surface area contributed by atoms with E-state index >= 15 is 0 Å². The number of amides is 6. The van der Waals surface area contributed by atoms with Gasteiger partial charge in [0.25, 0.3) is 0 Å². The van der Waals surface area contributed by atoms with Gasteiger partial charge in [-0.05, 0) is 86.7 Å². The van der Waals surface area contributed by atoms with E-state index in [1.165, 1.54) is 30.0 Å². The summed E-state index contributed by atoms with van der Waals surface area (Å²) in [5.41, 5.74) is 15.9. The van der Waals surface area contributed by atoms with Gasteiger partial charge in [-0.15, -0.1) is 11.8 Å². The van der Waals surface area contributed by atoms with Crippen molar-refractivity contribution in [3.63, 3.8) is 0 Å². The fraction of sp³-hybridized carbons (Fsp3) is 0.390. The number of anilines is 6. The van der Waals surface area contributed by atoms with Gasteiger partial charge >= 0.3 is 18.2 Å². The van der Waals surface area contributed by atoms with Gasteiger partial charge in [0, 0.05) is 50.5 Å². The van der Waals surface area contributed by atoms with Gasteiger partial charge in [-0.1, -0.05) is 11.3 Å². The Morgan fingerprint density at radius 2 is 1.42 bits per heavy atom. The zero-order chi connectivity index (χ0) is 48.5. The summed E-state index contributed by atoms with van der Waals surface area (Å²) < 4.78 is 63.3. The van der Waals surface area contributed by atoms with Crippen LogP contribution in [0.5, 0.6) is 5.75 Å². The van der Waals surface area contributed by atoms with Crippen LogP contribution in [0.15, 0.2) is 47.4 Å². The lowest BCUT2D eigenvalue weighted by Crippen LogP contribution is -2.31. The Hall–Kier alpha value is -6.64. The topological polar surface area (TPSA) is 324 Å². The molecule has 0 radical (unpaired) electrons. The lowest BCUT2D eigenvalue weighted by molar-refractivity contribution is -0.137.